The Morgan fingerprint density at radius 1 is 1.86 bits per heavy atom. The molecule has 1 atom stereocenters. The number of nitrogens with two attached hydrogens (primary N) is 1. The van der Waals surface area contributed by atoms with Gasteiger partial charge in [-0.1, -0.05) is 5.21 Å². The molecular weight excluding hydrogens is 204 g/mol. The van der Waals surface area contributed by atoms with Gasteiger partial charge in [0.1, 0.15) is 6.04 Å². The average molecular weight is 216 g/mol. The number of carboxylic acids is 1. The van der Waals surface area contributed by atoms with Gasteiger partial charge in [-0.15, -0.1) is 5.10 Å². The molecule has 0 aliphatic rings. The molecule has 0 amide bonds. The normalized spacial score (nSPS) is 12.7. The van der Waals surface area contributed by atoms with E-state index in [0.29, 0.717) is 11.5 Å². The molecule has 0 radical (unpaired) electrons. The van der Waals surface area contributed by atoms with E-state index in [2.05, 4.69) is 10.3 Å². The Balaban J connectivity index is 2.25. The molecule has 1 rings (SSSR count). The van der Waals surface area contributed by atoms with Gasteiger partial charge < -0.3 is 10.8 Å². The van der Waals surface area contributed by atoms with E-state index in [-0.39, 0.29) is 0 Å². The van der Waals surface area contributed by atoms with Crippen LogP contribution >= 0.6 is 11.8 Å². The predicted molar refractivity (Wildman–Crippen MR) is 52.8 cm³/mol. The molecule has 0 aromatic carbocycles. The third-order valence-electron chi connectivity index (χ3n) is 1.51. The quantitative estimate of drug-likeness (QED) is 0.686. The summed E-state index contributed by atoms with van der Waals surface area (Å²) in [5, 5.41) is 16.1. The summed E-state index contributed by atoms with van der Waals surface area (Å²) >= 11 is 1.43. The van der Waals surface area contributed by atoms with Gasteiger partial charge in [-0.25, -0.2) is 0 Å². The van der Waals surface area contributed by atoms with Crippen molar-refractivity contribution in [2.24, 2.45) is 12.8 Å². The van der Waals surface area contributed by atoms with E-state index in [9.17, 15) is 4.79 Å². The van der Waals surface area contributed by atoms with Crippen LogP contribution in [0.4, 0.5) is 0 Å². The minimum atomic E-state index is -0.975. The summed E-state index contributed by atoms with van der Waals surface area (Å²) in [5.74, 6) is 0.0393. The van der Waals surface area contributed by atoms with Gasteiger partial charge in [-0.05, 0) is 0 Å². The molecule has 0 saturated carbocycles. The van der Waals surface area contributed by atoms with Crippen LogP contribution in [0, 0.1) is 0 Å². The lowest BCUT2D eigenvalue weighted by atomic mass is 10.4. The average Bonchev–Trinajstić information content (AvgIpc) is 2.51. The molecule has 1 heterocycles. The lowest BCUT2D eigenvalue weighted by Crippen LogP contribution is -2.32. The second kappa shape index (κ2) is 4.97. The zero-order valence-electron chi connectivity index (χ0n) is 7.75. The predicted octanol–water partition coefficient (Wildman–Crippen LogP) is -0.540. The van der Waals surface area contributed by atoms with E-state index >= 15 is 0 Å². The fraction of sp³-hybridized carbons (Fsp3) is 0.571. The molecular formula is C7H12N4O2S. The molecule has 1 unspecified atom stereocenters. The maximum absolute atomic E-state index is 10.4. The van der Waals surface area contributed by atoms with E-state index in [1.807, 2.05) is 0 Å². The lowest BCUT2D eigenvalue weighted by Gasteiger charge is -2.03. The summed E-state index contributed by atoms with van der Waals surface area (Å²) in [6, 6.07) is -0.809. The van der Waals surface area contributed by atoms with Crippen LogP contribution in [0.2, 0.25) is 0 Å². The van der Waals surface area contributed by atoms with Crippen LogP contribution in [0.15, 0.2) is 6.20 Å². The Labute approximate surface area is 85.5 Å². The minimum absolute atomic E-state index is 0.381. The molecule has 0 bridgehead atoms. The van der Waals surface area contributed by atoms with Crippen LogP contribution in [-0.2, 0) is 17.6 Å². The first kappa shape index (κ1) is 11.0. The van der Waals surface area contributed by atoms with Crippen LogP contribution in [0.25, 0.3) is 0 Å². The van der Waals surface area contributed by atoms with E-state index in [4.69, 9.17) is 10.8 Å². The lowest BCUT2D eigenvalue weighted by molar-refractivity contribution is -0.137. The van der Waals surface area contributed by atoms with Crippen molar-refractivity contribution in [3.05, 3.63) is 11.9 Å². The van der Waals surface area contributed by atoms with E-state index < -0.39 is 12.0 Å². The zero-order chi connectivity index (χ0) is 10.6. The van der Waals surface area contributed by atoms with E-state index in [1.54, 1.807) is 17.9 Å². The highest BCUT2D eigenvalue weighted by molar-refractivity contribution is 7.98. The maximum atomic E-state index is 10.4. The van der Waals surface area contributed by atoms with Crippen LogP contribution < -0.4 is 5.73 Å². The Hall–Kier alpha value is -1.08. The molecule has 1 aromatic rings. The molecule has 14 heavy (non-hydrogen) atoms. The van der Waals surface area contributed by atoms with Crippen LogP contribution in [0.5, 0.6) is 0 Å². The van der Waals surface area contributed by atoms with Crippen molar-refractivity contribution in [1.29, 1.82) is 0 Å². The van der Waals surface area contributed by atoms with Crippen LogP contribution in [-0.4, -0.2) is 37.9 Å². The van der Waals surface area contributed by atoms with E-state index in [1.165, 1.54) is 11.8 Å². The van der Waals surface area contributed by atoms with Crippen molar-refractivity contribution in [2.75, 3.05) is 5.75 Å². The highest BCUT2D eigenvalue weighted by Gasteiger charge is 2.11. The molecule has 0 aliphatic carbocycles. The van der Waals surface area contributed by atoms with Crippen molar-refractivity contribution in [2.45, 2.75) is 11.8 Å². The summed E-state index contributed by atoms with van der Waals surface area (Å²) in [6.45, 7) is 0. The summed E-state index contributed by atoms with van der Waals surface area (Å²) in [6.07, 6.45) is 1.79. The Kier molecular flexibility index (Phi) is 3.90. The first-order valence-corrected chi connectivity index (χ1v) is 5.16. The molecule has 3 N–H and O–H groups in total. The Bertz CT molecular complexity index is 314. The van der Waals surface area contributed by atoms with Crippen molar-refractivity contribution >= 4 is 17.7 Å². The van der Waals surface area contributed by atoms with Crippen LogP contribution in [0.1, 0.15) is 5.69 Å². The van der Waals surface area contributed by atoms with Gasteiger partial charge in [-0.2, -0.15) is 11.8 Å². The number of carboxylic acid groups (broad SMARTS) is 1. The number of nitrogens with zero attached hydrogens (tertiary/aromatic N) is 3. The summed E-state index contributed by atoms with van der Waals surface area (Å²) < 4.78 is 1.60. The standard InChI is InChI=1S/C7H12N4O2S/c1-11-2-5(9-10-11)3-14-4-6(8)7(12)13/h2,6H,3-4,8H2,1H3,(H,12,13). The summed E-state index contributed by atoms with van der Waals surface area (Å²) in [5.41, 5.74) is 6.15. The smallest absolute Gasteiger partial charge is 0.321 e. The number of carbonyl (C=O) groups is 1. The highest BCUT2D eigenvalue weighted by atomic mass is 32.2. The number of hydrogen-bond donors (Lipinski definition) is 2. The summed E-state index contributed by atoms with van der Waals surface area (Å²) in [7, 11) is 1.78. The monoisotopic (exact) mass is 216 g/mol. The zero-order valence-corrected chi connectivity index (χ0v) is 8.57. The molecule has 78 valence electrons. The Morgan fingerprint density at radius 3 is 3.07 bits per heavy atom. The summed E-state index contributed by atoms with van der Waals surface area (Å²) in [4.78, 5) is 10.4. The second-order valence-electron chi connectivity index (χ2n) is 2.84. The maximum Gasteiger partial charge on any atom is 0.321 e. The number of hydrogen-bond acceptors (Lipinski definition) is 5. The third-order valence-corrected chi connectivity index (χ3v) is 2.61. The molecule has 0 spiro atoms. The molecule has 6 nitrogen and oxygen atoms in total. The molecule has 0 saturated heterocycles. The molecule has 7 heteroatoms. The van der Waals surface area contributed by atoms with Gasteiger partial charge in [0.15, 0.2) is 0 Å². The van der Waals surface area contributed by atoms with E-state index in [0.717, 1.165) is 5.69 Å². The number of rotatable bonds is 5. The second-order valence-corrected chi connectivity index (χ2v) is 3.87. The number of aromatic nitrogens is 3. The Morgan fingerprint density at radius 2 is 2.57 bits per heavy atom. The molecule has 0 aliphatic heterocycles. The topological polar surface area (TPSA) is 94.0 Å². The van der Waals surface area contributed by atoms with Gasteiger partial charge in [-0.3, -0.25) is 9.48 Å². The van der Waals surface area contributed by atoms with Gasteiger partial charge in [0.05, 0.1) is 5.69 Å². The van der Waals surface area contributed by atoms with Gasteiger partial charge in [0.2, 0.25) is 0 Å². The first-order chi connectivity index (χ1) is 6.59. The third kappa shape index (κ3) is 3.35. The minimum Gasteiger partial charge on any atom is -0.480 e. The fourth-order valence-electron chi connectivity index (χ4n) is 0.823. The van der Waals surface area contributed by atoms with Gasteiger partial charge in [0.25, 0.3) is 0 Å². The molecule has 1 aromatic heterocycles. The van der Waals surface area contributed by atoms with Gasteiger partial charge in [0, 0.05) is 24.8 Å². The molecule has 0 fully saturated rings. The van der Waals surface area contributed by atoms with Crippen molar-refractivity contribution in [3.63, 3.8) is 0 Å². The van der Waals surface area contributed by atoms with Crippen molar-refractivity contribution in [3.8, 4) is 0 Å². The van der Waals surface area contributed by atoms with Crippen molar-refractivity contribution < 1.29 is 9.90 Å². The number of aliphatic carboxylic acids is 1. The first-order valence-electron chi connectivity index (χ1n) is 4.01. The highest BCUT2D eigenvalue weighted by Crippen LogP contribution is 2.09. The SMILES string of the molecule is Cn1cc(CSCC(N)C(=O)O)nn1. The largest absolute Gasteiger partial charge is 0.480 e. The van der Waals surface area contributed by atoms with Gasteiger partial charge >= 0.3 is 5.97 Å². The van der Waals surface area contributed by atoms with Crippen molar-refractivity contribution in [1.82, 2.24) is 15.0 Å². The number of aryl methyl sites for hydroxylation is 1. The fourth-order valence-corrected chi connectivity index (χ4v) is 1.68. The van der Waals surface area contributed by atoms with Crippen LogP contribution in [0.3, 0.4) is 0 Å². The number of thioether (sulfide) groups is 1.